The summed E-state index contributed by atoms with van der Waals surface area (Å²) in [5, 5.41) is 2.33. The van der Waals surface area contributed by atoms with E-state index < -0.39 is 0 Å². The summed E-state index contributed by atoms with van der Waals surface area (Å²) in [6.07, 6.45) is 7.66. The van der Waals surface area contributed by atoms with Crippen LogP contribution in [0.3, 0.4) is 0 Å². The molecule has 2 heterocycles. The van der Waals surface area contributed by atoms with Crippen LogP contribution >= 0.6 is 24.4 Å². The van der Waals surface area contributed by atoms with E-state index in [0.29, 0.717) is 0 Å². The lowest BCUT2D eigenvalue weighted by atomic mass is 10.3. The number of rotatable bonds is 1. The Balaban J connectivity index is 2.30. The quantitative estimate of drug-likeness (QED) is 0.392. The van der Waals surface area contributed by atoms with Crippen LogP contribution in [0.25, 0.3) is 0 Å². The highest BCUT2D eigenvalue weighted by molar-refractivity contribution is 7.95. The molecule has 2 rings (SSSR count). The maximum absolute atomic E-state index is 4.51. The molecule has 0 unspecified atom stereocenters. The lowest BCUT2D eigenvalue weighted by molar-refractivity contribution is 0.800. The molecule has 0 bridgehead atoms. The number of isothiocyanates is 1. The molecule has 0 saturated carbocycles. The molecule has 0 saturated heterocycles. The molecule has 0 atom stereocenters. The number of nitrogens with zero attached hydrogens (tertiary/aromatic N) is 2. The first-order chi connectivity index (χ1) is 5.90. The van der Waals surface area contributed by atoms with E-state index in [1.54, 1.807) is 0 Å². The highest BCUT2D eigenvalue weighted by Gasteiger charge is 2.14. The summed E-state index contributed by atoms with van der Waals surface area (Å²) < 4.78 is 5.03. The molecule has 0 radical (unpaired) electrons. The van der Waals surface area contributed by atoms with Gasteiger partial charge in [0.15, 0.2) is 0 Å². The molecular weight excluding hydrogens is 190 g/mol. The summed E-state index contributed by atoms with van der Waals surface area (Å²) in [6, 6.07) is 0. The van der Waals surface area contributed by atoms with E-state index >= 15 is 0 Å². The second-order valence-corrected chi connectivity index (χ2v) is 3.19. The van der Waals surface area contributed by atoms with Gasteiger partial charge in [0.1, 0.15) is 0 Å². The third kappa shape index (κ3) is 1.30. The van der Waals surface area contributed by atoms with Crippen LogP contribution in [0, 0.1) is 0 Å². The Hall–Kier alpha value is -1.03. The first kappa shape index (κ1) is 7.61. The topological polar surface area (TPSA) is 27.6 Å². The van der Waals surface area contributed by atoms with Crippen LogP contribution in [0.1, 0.15) is 0 Å². The molecule has 0 fully saturated rings. The molecule has 0 aliphatic carbocycles. The average Bonchev–Trinajstić information content (AvgIpc) is 2.51. The summed E-state index contributed by atoms with van der Waals surface area (Å²) in [5.41, 5.74) is 1.91. The molecule has 2 aliphatic rings. The van der Waals surface area contributed by atoms with Crippen LogP contribution < -0.4 is 4.72 Å². The van der Waals surface area contributed by atoms with E-state index in [1.165, 1.54) is 12.1 Å². The van der Waals surface area contributed by atoms with E-state index in [1.807, 2.05) is 28.9 Å². The Morgan fingerprint density at radius 1 is 1.67 bits per heavy atom. The summed E-state index contributed by atoms with van der Waals surface area (Å²) in [7, 11) is 0. The first-order valence-corrected chi connectivity index (χ1v) is 4.48. The number of fused-ring (bicyclic) bond motifs is 1. The predicted octanol–water partition coefficient (Wildman–Crippen LogP) is 1.81. The summed E-state index contributed by atoms with van der Waals surface area (Å²) in [6.45, 7) is 0. The van der Waals surface area contributed by atoms with Gasteiger partial charge < -0.3 is 4.72 Å². The van der Waals surface area contributed by atoms with Crippen molar-refractivity contribution in [1.82, 2.24) is 9.03 Å². The van der Waals surface area contributed by atoms with Gasteiger partial charge in [0.25, 0.3) is 0 Å². The van der Waals surface area contributed by atoms with Gasteiger partial charge in [0, 0.05) is 12.4 Å². The van der Waals surface area contributed by atoms with Crippen molar-refractivity contribution in [2.45, 2.75) is 0 Å². The molecule has 0 aromatic rings. The van der Waals surface area contributed by atoms with E-state index in [0.717, 1.165) is 11.4 Å². The fourth-order valence-corrected chi connectivity index (χ4v) is 1.67. The fourth-order valence-electron chi connectivity index (χ4n) is 0.948. The smallest absolute Gasteiger partial charge is 0.0776 e. The highest BCUT2D eigenvalue weighted by Crippen LogP contribution is 2.27. The molecule has 5 heteroatoms. The third-order valence-corrected chi connectivity index (χ3v) is 2.31. The van der Waals surface area contributed by atoms with Crippen LogP contribution in [0.5, 0.6) is 0 Å². The van der Waals surface area contributed by atoms with Crippen molar-refractivity contribution in [3.05, 3.63) is 35.9 Å². The molecular formula is C7H5N3S2. The SMILES string of the molecule is S=C=NC1=CC2=CNSN2C=C1. The van der Waals surface area contributed by atoms with Crippen LogP contribution in [0.2, 0.25) is 0 Å². The molecule has 2 aliphatic heterocycles. The van der Waals surface area contributed by atoms with Gasteiger partial charge in [-0.15, -0.1) is 0 Å². The maximum Gasteiger partial charge on any atom is 0.0776 e. The van der Waals surface area contributed by atoms with Gasteiger partial charge in [-0.3, -0.25) is 4.31 Å². The zero-order valence-corrected chi connectivity index (χ0v) is 7.65. The Morgan fingerprint density at radius 3 is 3.42 bits per heavy atom. The van der Waals surface area contributed by atoms with Gasteiger partial charge in [-0.1, -0.05) is 0 Å². The van der Waals surface area contributed by atoms with Crippen molar-refractivity contribution in [3.63, 3.8) is 0 Å². The van der Waals surface area contributed by atoms with Crippen molar-refractivity contribution in [1.29, 1.82) is 0 Å². The second kappa shape index (κ2) is 3.15. The summed E-state index contributed by atoms with van der Waals surface area (Å²) >= 11 is 6.03. The van der Waals surface area contributed by atoms with Crippen molar-refractivity contribution in [2.75, 3.05) is 0 Å². The van der Waals surface area contributed by atoms with Gasteiger partial charge in [-0.25, -0.2) is 0 Å². The molecule has 1 N–H and O–H groups in total. The van der Waals surface area contributed by atoms with Crippen LogP contribution in [-0.4, -0.2) is 9.47 Å². The Morgan fingerprint density at radius 2 is 2.58 bits per heavy atom. The van der Waals surface area contributed by atoms with Gasteiger partial charge >= 0.3 is 0 Å². The first-order valence-electron chi connectivity index (χ1n) is 3.30. The van der Waals surface area contributed by atoms with Crippen molar-refractivity contribution < 1.29 is 0 Å². The Kier molecular flexibility index (Phi) is 1.99. The van der Waals surface area contributed by atoms with Crippen LogP contribution in [0.15, 0.2) is 40.9 Å². The van der Waals surface area contributed by atoms with Crippen LogP contribution in [-0.2, 0) is 0 Å². The van der Waals surface area contributed by atoms with Crippen molar-refractivity contribution >= 4 is 29.5 Å². The van der Waals surface area contributed by atoms with E-state index in [2.05, 4.69) is 27.1 Å². The fraction of sp³-hybridized carbons (Fsp3) is 0. The van der Waals surface area contributed by atoms with Crippen LogP contribution in [0.4, 0.5) is 0 Å². The van der Waals surface area contributed by atoms with Gasteiger partial charge in [-0.05, 0) is 24.4 Å². The largest absolute Gasteiger partial charge is 0.316 e. The van der Waals surface area contributed by atoms with Gasteiger partial charge in [0.05, 0.1) is 28.7 Å². The van der Waals surface area contributed by atoms with Crippen molar-refractivity contribution in [2.24, 2.45) is 4.99 Å². The molecule has 12 heavy (non-hydrogen) atoms. The summed E-state index contributed by atoms with van der Waals surface area (Å²) in [4.78, 5) is 3.88. The van der Waals surface area contributed by atoms with Crippen molar-refractivity contribution in [3.8, 4) is 0 Å². The molecule has 0 spiro atoms. The summed E-state index contributed by atoms with van der Waals surface area (Å²) in [5.74, 6) is 0. The lowest BCUT2D eigenvalue weighted by Crippen LogP contribution is -2.05. The van der Waals surface area contributed by atoms with Gasteiger partial charge in [-0.2, -0.15) is 4.99 Å². The van der Waals surface area contributed by atoms with Gasteiger partial charge in [0.2, 0.25) is 0 Å². The second-order valence-electron chi connectivity index (χ2n) is 2.19. The normalized spacial score (nSPS) is 18.8. The zero-order valence-electron chi connectivity index (χ0n) is 6.02. The molecule has 60 valence electrons. The zero-order chi connectivity index (χ0) is 8.39. The molecule has 0 amide bonds. The molecule has 0 aromatic heterocycles. The number of thiocarbonyl (C=S) groups is 1. The number of aliphatic imine (C=N–C) groups is 1. The number of hydrogen-bond acceptors (Lipinski definition) is 5. The monoisotopic (exact) mass is 195 g/mol. The Bertz CT molecular complexity index is 337. The minimum absolute atomic E-state index is 0.830. The number of allylic oxidation sites excluding steroid dienone is 2. The van der Waals surface area contributed by atoms with E-state index in [9.17, 15) is 0 Å². The third-order valence-electron chi connectivity index (χ3n) is 1.46. The predicted molar refractivity (Wildman–Crippen MR) is 52.9 cm³/mol. The minimum Gasteiger partial charge on any atom is -0.316 e. The average molecular weight is 195 g/mol. The molecule has 0 aromatic carbocycles. The maximum atomic E-state index is 4.51. The standard InChI is InChI=1S/C7H5N3S2/c11-5-8-6-1-2-10-7(3-6)4-9-12-10/h1-4,9H. The number of hydrogen-bond donors (Lipinski definition) is 1. The minimum atomic E-state index is 0.830. The highest BCUT2D eigenvalue weighted by atomic mass is 32.2. The van der Waals surface area contributed by atoms with E-state index in [-0.39, 0.29) is 0 Å². The Labute approximate surface area is 79.8 Å². The van der Waals surface area contributed by atoms with E-state index in [4.69, 9.17) is 0 Å². The lowest BCUT2D eigenvalue weighted by Gasteiger charge is -2.14. The number of nitrogens with one attached hydrogen (secondary N) is 1. The molecule has 3 nitrogen and oxygen atoms in total.